The first-order valence-electron chi connectivity index (χ1n) is 6.22. The molecule has 0 amide bonds. The number of halogens is 1. The number of ether oxygens (including phenoxy) is 1. The molecule has 2 aromatic rings. The van der Waals surface area contributed by atoms with Crippen molar-refractivity contribution in [1.82, 2.24) is 0 Å². The second-order valence-electron chi connectivity index (χ2n) is 4.45. The lowest BCUT2D eigenvalue weighted by Crippen LogP contribution is -2.14. The molecule has 0 aliphatic rings. The predicted octanol–water partition coefficient (Wildman–Crippen LogP) is 4.43. The van der Waals surface area contributed by atoms with Gasteiger partial charge in [-0.2, -0.15) is 0 Å². The molecule has 0 aliphatic heterocycles. The highest BCUT2D eigenvalue weighted by Crippen LogP contribution is 2.35. The minimum Gasteiger partial charge on any atom is -0.495 e. The summed E-state index contributed by atoms with van der Waals surface area (Å²) in [4.78, 5) is 13.8. The molecule has 0 bridgehead atoms. The van der Waals surface area contributed by atoms with Gasteiger partial charge >= 0.3 is 0 Å². The lowest BCUT2D eigenvalue weighted by molar-refractivity contribution is 0.101. The van der Waals surface area contributed by atoms with Gasteiger partial charge < -0.3 is 9.64 Å². The van der Waals surface area contributed by atoms with Gasteiger partial charge in [-0.15, -0.1) is 0 Å². The second kappa shape index (κ2) is 6.09. The van der Waals surface area contributed by atoms with E-state index in [9.17, 15) is 4.79 Å². The van der Waals surface area contributed by atoms with Gasteiger partial charge in [-0.1, -0.05) is 28.1 Å². The SMILES string of the molecule is COc1ccccc1N(C)c1ccc(Br)cc1C(C)=O. The summed E-state index contributed by atoms with van der Waals surface area (Å²) in [6.45, 7) is 1.57. The Labute approximate surface area is 127 Å². The molecule has 2 aromatic carbocycles. The number of rotatable bonds is 4. The molecule has 0 saturated carbocycles. The molecule has 3 nitrogen and oxygen atoms in total. The van der Waals surface area contributed by atoms with Crippen LogP contribution in [0.4, 0.5) is 11.4 Å². The van der Waals surface area contributed by atoms with Gasteiger partial charge in [0.2, 0.25) is 0 Å². The first-order chi connectivity index (χ1) is 9.54. The third-order valence-electron chi connectivity index (χ3n) is 3.15. The van der Waals surface area contributed by atoms with Crippen molar-refractivity contribution in [1.29, 1.82) is 0 Å². The van der Waals surface area contributed by atoms with E-state index in [0.717, 1.165) is 21.6 Å². The van der Waals surface area contributed by atoms with Gasteiger partial charge in [0.15, 0.2) is 5.78 Å². The summed E-state index contributed by atoms with van der Waals surface area (Å²) in [6, 6.07) is 13.4. The first kappa shape index (κ1) is 14.6. The summed E-state index contributed by atoms with van der Waals surface area (Å²) in [6.07, 6.45) is 0. The highest BCUT2D eigenvalue weighted by atomic mass is 79.9. The molecule has 2 rings (SSSR count). The lowest BCUT2D eigenvalue weighted by Gasteiger charge is -2.24. The molecular formula is C16H16BrNO2. The molecule has 0 unspecified atom stereocenters. The zero-order valence-electron chi connectivity index (χ0n) is 11.7. The molecule has 0 saturated heterocycles. The van der Waals surface area contributed by atoms with Gasteiger partial charge in [0.25, 0.3) is 0 Å². The summed E-state index contributed by atoms with van der Waals surface area (Å²) < 4.78 is 6.26. The number of benzene rings is 2. The average molecular weight is 334 g/mol. The third kappa shape index (κ3) is 2.85. The number of carbonyl (C=O) groups is 1. The summed E-state index contributed by atoms with van der Waals surface area (Å²) in [5, 5.41) is 0. The van der Waals surface area contributed by atoms with Crippen LogP contribution in [0.2, 0.25) is 0 Å². The maximum atomic E-state index is 11.8. The Balaban J connectivity index is 2.53. The van der Waals surface area contributed by atoms with Crippen LogP contribution in [0.15, 0.2) is 46.9 Å². The summed E-state index contributed by atoms with van der Waals surface area (Å²) in [7, 11) is 3.56. The standard InChI is InChI=1S/C16H16BrNO2/c1-11(19)13-10-12(17)8-9-14(13)18(2)15-6-4-5-7-16(15)20-3/h4-10H,1-3H3. The maximum Gasteiger partial charge on any atom is 0.161 e. The van der Waals surface area contributed by atoms with Crippen molar-refractivity contribution in [2.24, 2.45) is 0 Å². The fourth-order valence-electron chi connectivity index (χ4n) is 2.12. The van der Waals surface area contributed by atoms with Crippen LogP contribution in [-0.4, -0.2) is 19.9 Å². The number of para-hydroxylation sites is 2. The number of Topliss-reactive ketones (excluding diaryl/α,β-unsaturated/α-hetero) is 1. The van der Waals surface area contributed by atoms with E-state index in [1.54, 1.807) is 14.0 Å². The van der Waals surface area contributed by atoms with Gasteiger partial charge in [0.05, 0.1) is 18.5 Å². The second-order valence-corrected chi connectivity index (χ2v) is 5.36. The molecule has 20 heavy (non-hydrogen) atoms. The molecule has 4 heteroatoms. The normalized spacial score (nSPS) is 10.2. The Morgan fingerprint density at radius 2 is 1.85 bits per heavy atom. The molecule has 0 aromatic heterocycles. The molecule has 0 N–H and O–H groups in total. The van der Waals surface area contributed by atoms with Gasteiger partial charge in [-0.3, -0.25) is 4.79 Å². The zero-order chi connectivity index (χ0) is 14.7. The highest BCUT2D eigenvalue weighted by Gasteiger charge is 2.15. The Morgan fingerprint density at radius 3 is 2.50 bits per heavy atom. The van der Waals surface area contributed by atoms with E-state index in [0.29, 0.717) is 5.56 Å². The first-order valence-corrected chi connectivity index (χ1v) is 7.01. The summed E-state index contributed by atoms with van der Waals surface area (Å²) in [5.74, 6) is 0.801. The van der Waals surface area contributed by atoms with E-state index >= 15 is 0 Å². The number of hydrogen-bond donors (Lipinski definition) is 0. The van der Waals surface area contributed by atoms with E-state index in [-0.39, 0.29) is 5.78 Å². The van der Waals surface area contributed by atoms with E-state index in [4.69, 9.17) is 4.74 Å². The van der Waals surface area contributed by atoms with Crippen LogP contribution >= 0.6 is 15.9 Å². The van der Waals surface area contributed by atoms with Crippen LogP contribution in [0.25, 0.3) is 0 Å². The summed E-state index contributed by atoms with van der Waals surface area (Å²) >= 11 is 3.40. The number of ketones is 1. The van der Waals surface area contributed by atoms with Crippen LogP contribution in [0.3, 0.4) is 0 Å². The fraction of sp³-hybridized carbons (Fsp3) is 0.188. The quantitative estimate of drug-likeness (QED) is 0.775. The smallest absolute Gasteiger partial charge is 0.161 e. The predicted molar refractivity (Wildman–Crippen MR) is 85.2 cm³/mol. The van der Waals surface area contributed by atoms with Crippen molar-refractivity contribution in [3.8, 4) is 5.75 Å². The van der Waals surface area contributed by atoms with Gasteiger partial charge in [0.1, 0.15) is 5.75 Å². The number of carbonyl (C=O) groups excluding carboxylic acids is 1. The van der Waals surface area contributed by atoms with E-state index in [1.165, 1.54) is 0 Å². The van der Waals surface area contributed by atoms with Crippen molar-refractivity contribution in [2.75, 3.05) is 19.1 Å². The Kier molecular flexibility index (Phi) is 4.45. The van der Waals surface area contributed by atoms with Crippen LogP contribution in [0, 0.1) is 0 Å². The zero-order valence-corrected chi connectivity index (χ0v) is 13.3. The molecule has 0 atom stereocenters. The topological polar surface area (TPSA) is 29.5 Å². The maximum absolute atomic E-state index is 11.8. The van der Waals surface area contributed by atoms with Crippen molar-refractivity contribution in [3.05, 3.63) is 52.5 Å². The van der Waals surface area contributed by atoms with Crippen molar-refractivity contribution >= 4 is 33.1 Å². The van der Waals surface area contributed by atoms with Crippen LogP contribution < -0.4 is 9.64 Å². The Hall–Kier alpha value is -1.81. The molecule has 0 heterocycles. The molecule has 0 radical (unpaired) electrons. The minimum atomic E-state index is 0.0306. The average Bonchev–Trinajstić information content (AvgIpc) is 2.46. The number of hydrogen-bond acceptors (Lipinski definition) is 3. The molecule has 0 spiro atoms. The van der Waals surface area contributed by atoms with E-state index in [1.807, 2.05) is 54.4 Å². The monoisotopic (exact) mass is 333 g/mol. The largest absolute Gasteiger partial charge is 0.495 e. The van der Waals surface area contributed by atoms with Crippen molar-refractivity contribution < 1.29 is 9.53 Å². The molecule has 0 fully saturated rings. The molecule has 0 aliphatic carbocycles. The van der Waals surface area contributed by atoms with E-state index in [2.05, 4.69) is 15.9 Å². The highest BCUT2D eigenvalue weighted by molar-refractivity contribution is 9.10. The number of methoxy groups -OCH3 is 1. The van der Waals surface area contributed by atoms with Crippen molar-refractivity contribution in [3.63, 3.8) is 0 Å². The van der Waals surface area contributed by atoms with E-state index < -0.39 is 0 Å². The molecular weight excluding hydrogens is 318 g/mol. The van der Waals surface area contributed by atoms with Crippen molar-refractivity contribution in [2.45, 2.75) is 6.92 Å². The lowest BCUT2D eigenvalue weighted by atomic mass is 10.1. The third-order valence-corrected chi connectivity index (χ3v) is 3.64. The number of nitrogens with zero attached hydrogens (tertiary/aromatic N) is 1. The van der Waals surface area contributed by atoms with Crippen LogP contribution in [0.5, 0.6) is 5.75 Å². The van der Waals surface area contributed by atoms with Gasteiger partial charge in [-0.05, 0) is 37.3 Å². The van der Waals surface area contributed by atoms with Crippen LogP contribution in [-0.2, 0) is 0 Å². The summed E-state index contributed by atoms with van der Waals surface area (Å²) in [5.41, 5.74) is 2.44. The molecule has 104 valence electrons. The fourth-order valence-corrected chi connectivity index (χ4v) is 2.48. The van der Waals surface area contributed by atoms with Gasteiger partial charge in [0, 0.05) is 17.1 Å². The minimum absolute atomic E-state index is 0.0306. The Bertz CT molecular complexity index is 640. The number of anilines is 2. The van der Waals surface area contributed by atoms with Gasteiger partial charge in [-0.25, -0.2) is 0 Å². The van der Waals surface area contributed by atoms with Crippen LogP contribution in [0.1, 0.15) is 17.3 Å². The Morgan fingerprint density at radius 1 is 1.15 bits per heavy atom.